The number of pyridine rings is 1. The Morgan fingerprint density at radius 2 is 2.16 bits per heavy atom. The van der Waals surface area contributed by atoms with Gasteiger partial charge in [0.1, 0.15) is 0 Å². The highest BCUT2D eigenvalue weighted by atomic mass is 32.1. The molecular formula is C14H16N4S. The Bertz CT molecular complexity index is 620. The van der Waals surface area contributed by atoms with Gasteiger partial charge in [0.2, 0.25) is 0 Å². The lowest BCUT2D eigenvalue weighted by Gasteiger charge is -2.27. The molecule has 0 spiro atoms. The zero-order valence-corrected chi connectivity index (χ0v) is 11.4. The van der Waals surface area contributed by atoms with Crippen LogP contribution >= 0.6 is 11.3 Å². The molecule has 1 saturated carbocycles. The fourth-order valence-electron chi connectivity index (χ4n) is 2.65. The first-order valence-corrected chi connectivity index (χ1v) is 7.43. The van der Waals surface area contributed by atoms with Crippen LogP contribution in [-0.2, 0) is 0 Å². The van der Waals surface area contributed by atoms with Gasteiger partial charge in [-0.25, -0.2) is 0 Å². The molecule has 1 aliphatic rings. The number of rotatable bonds is 2. The molecule has 0 amide bonds. The first kappa shape index (κ1) is 12.2. The third-order valence-electron chi connectivity index (χ3n) is 3.76. The minimum Gasteiger partial charge on any atom is -0.396 e. The van der Waals surface area contributed by atoms with E-state index >= 15 is 0 Å². The number of nitrogen functional groups attached to an aromatic ring is 1. The van der Waals surface area contributed by atoms with Crippen molar-refractivity contribution in [3.05, 3.63) is 17.6 Å². The molecule has 0 bridgehead atoms. The lowest BCUT2D eigenvalue weighted by atomic mass is 9.87. The molecule has 0 aromatic carbocycles. The number of thiophene rings is 1. The molecule has 2 aromatic heterocycles. The number of nitrogens with one attached hydrogen (secondary N) is 1. The predicted octanol–water partition coefficient (Wildman–Crippen LogP) is 3.37. The topological polar surface area (TPSA) is 74.7 Å². The van der Waals surface area contributed by atoms with Crippen molar-refractivity contribution < 1.29 is 0 Å². The van der Waals surface area contributed by atoms with Gasteiger partial charge in [0.25, 0.3) is 0 Å². The molecule has 0 unspecified atom stereocenters. The second-order valence-electron chi connectivity index (χ2n) is 5.05. The van der Waals surface area contributed by atoms with Gasteiger partial charge in [-0.05, 0) is 37.1 Å². The third kappa shape index (κ3) is 2.36. The molecule has 3 rings (SSSR count). The van der Waals surface area contributed by atoms with Crippen molar-refractivity contribution in [1.29, 1.82) is 5.26 Å². The molecule has 3 N–H and O–H groups in total. The molecule has 1 fully saturated rings. The second-order valence-corrected chi connectivity index (χ2v) is 5.96. The Labute approximate surface area is 116 Å². The van der Waals surface area contributed by atoms with Gasteiger partial charge in [-0.2, -0.15) is 5.26 Å². The number of aromatic nitrogens is 1. The number of fused-ring (bicyclic) bond motifs is 1. The van der Waals surface area contributed by atoms with Crippen molar-refractivity contribution in [2.45, 2.75) is 31.7 Å². The number of anilines is 2. The minimum absolute atomic E-state index is 0.231. The van der Waals surface area contributed by atoms with Gasteiger partial charge in [-0.3, -0.25) is 4.98 Å². The molecule has 0 saturated heterocycles. The first-order chi connectivity index (χ1) is 9.28. The zero-order chi connectivity index (χ0) is 13.2. The van der Waals surface area contributed by atoms with Crippen molar-refractivity contribution in [2.75, 3.05) is 11.1 Å². The second kappa shape index (κ2) is 5.06. The van der Waals surface area contributed by atoms with Crippen LogP contribution in [0.5, 0.6) is 0 Å². The lowest BCUT2D eigenvalue weighted by Crippen LogP contribution is -2.26. The van der Waals surface area contributed by atoms with Gasteiger partial charge in [-0.1, -0.05) is 0 Å². The maximum Gasteiger partial charge on any atom is 0.0832 e. The highest BCUT2D eigenvalue weighted by Crippen LogP contribution is 2.34. The molecule has 0 atom stereocenters. The van der Waals surface area contributed by atoms with Crippen LogP contribution in [0.3, 0.4) is 0 Å². The molecule has 98 valence electrons. The Hall–Kier alpha value is -1.80. The summed E-state index contributed by atoms with van der Waals surface area (Å²) in [6.45, 7) is 0. The van der Waals surface area contributed by atoms with Crippen LogP contribution < -0.4 is 11.1 Å². The van der Waals surface area contributed by atoms with Gasteiger partial charge >= 0.3 is 0 Å². The van der Waals surface area contributed by atoms with Crippen molar-refractivity contribution in [2.24, 2.45) is 5.92 Å². The highest BCUT2D eigenvalue weighted by Gasteiger charge is 2.22. The molecule has 2 heterocycles. The Kier molecular flexibility index (Phi) is 3.26. The molecule has 0 radical (unpaired) electrons. The van der Waals surface area contributed by atoms with Gasteiger partial charge < -0.3 is 11.1 Å². The fourth-order valence-corrected chi connectivity index (χ4v) is 3.51. The monoisotopic (exact) mass is 272 g/mol. The number of nitrogens with two attached hydrogens (primary N) is 1. The summed E-state index contributed by atoms with van der Waals surface area (Å²) in [5.74, 6) is 0.231. The average Bonchev–Trinajstić information content (AvgIpc) is 2.91. The van der Waals surface area contributed by atoms with E-state index in [4.69, 9.17) is 11.0 Å². The van der Waals surface area contributed by atoms with Crippen LogP contribution in [-0.4, -0.2) is 11.0 Å². The summed E-state index contributed by atoms with van der Waals surface area (Å²) < 4.78 is 1.13. The predicted molar refractivity (Wildman–Crippen MR) is 79.0 cm³/mol. The number of hydrogen-bond donors (Lipinski definition) is 2. The third-order valence-corrected chi connectivity index (χ3v) is 4.68. The molecule has 1 aliphatic carbocycles. The zero-order valence-electron chi connectivity index (χ0n) is 10.6. The van der Waals surface area contributed by atoms with Crippen LogP contribution in [0.2, 0.25) is 0 Å². The van der Waals surface area contributed by atoms with E-state index in [9.17, 15) is 0 Å². The van der Waals surface area contributed by atoms with Crippen LogP contribution in [0.25, 0.3) is 10.2 Å². The fraction of sp³-hybridized carbons (Fsp3) is 0.429. The van der Waals surface area contributed by atoms with Crippen LogP contribution in [0.1, 0.15) is 25.7 Å². The van der Waals surface area contributed by atoms with Crippen molar-refractivity contribution in [1.82, 2.24) is 4.98 Å². The SMILES string of the molecule is N#C[C@H]1CC[C@@H](Nc2c(N)cnc3ccsc23)CC1. The van der Waals surface area contributed by atoms with Crippen LogP contribution in [0, 0.1) is 17.2 Å². The van der Waals surface area contributed by atoms with Crippen molar-refractivity contribution >= 4 is 32.9 Å². The van der Waals surface area contributed by atoms with E-state index in [0.717, 1.165) is 41.6 Å². The molecule has 4 nitrogen and oxygen atoms in total. The number of nitriles is 1. The maximum atomic E-state index is 8.93. The molecule has 19 heavy (non-hydrogen) atoms. The van der Waals surface area contributed by atoms with E-state index in [1.54, 1.807) is 17.5 Å². The summed E-state index contributed by atoms with van der Waals surface area (Å²) in [6, 6.07) is 4.79. The maximum absolute atomic E-state index is 8.93. The quantitative estimate of drug-likeness (QED) is 0.879. The Morgan fingerprint density at radius 3 is 2.89 bits per heavy atom. The summed E-state index contributed by atoms with van der Waals surface area (Å²) >= 11 is 1.66. The van der Waals surface area contributed by atoms with E-state index in [0.29, 0.717) is 11.7 Å². The summed E-state index contributed by atoms with van der Waals surface area (Å²) in [5, 5.41) is 14.5. The molecular weight excluding hydrogens is 256 g/mol. The van der Waals surface area contributed by atoms with Crippen LogP contribution in [0.4, 0.5) is 11.4 Å². The molecule has 5 heteroatoms. The van der Waals surface area contributed by atoms with E-state index in [2.05, 4.69) is 16.4 Å². The van der Waals surface area contributed by atoms with E-state index < -0.39 is 0 Å². The Balaban J connectivity index is 1.80. The highest BCUT2D eigenvalue weighted by molar-refractivity contribution is 7.17. The Morgan fingerprint density at radius 1 is 1.37 bits per heavy atom. The van der Waals surface area contributed by atoms with Gasteiger partial charge in [0.15, 0.2) is 0 Å². The van der Waals surface area contributed by atoms with Gasteiger partial charge in [-0.15, -0.1) is 11.3 Å². The van der Waals surface area contributed by atoms with E-state index in [1.807, 2.05) is 11.4 Å². The number of hydrogen-bond acceptors (Lipinski definition) is 5. The normalized spacial score (nSPS) is 23.1. The van der Waals surface area contributed by atoms with E-state index in [-0.39, 0.29) is 5.92 Å². The van der Waals surface area contributed by atoms with Crippen LogP contribution in [0.15, 0.2) is 17.6 Å². The standard InChI is InChI=1S/C14H16N4S/c15-7-9-1-3-10(4-2-9)18-13-11(16)8-17-12-5-6-19-14(12)13/h5-6,8-10H,1-4,16H2,(H,17,18)/t9-,10+. The lowest BCUT2D eigenvalue weighted by molar-refractivity contribution is 0.398. The van der Waals surface area contributed by atoms with E-state index in [1.165, 1.54) is 0 Å². The van der Waals surface area contributed by atoms with Crippen molar-refractivity contribution in [3.8, 4) is 6.07 Å². The minimum atomic E-state index is 0.231. The summed E-state index contributed by atoms with van der Waals surface area (Å²) in [4.78, 5) is 4.32. The summed E-state index contributed by atoms with van der Waals surface area (Å²) in [6.07, 6.45) is 5.75. The molecule has 0 aliphatic heterocycles. The first-order valence-electron chi connectivity index (χ1n) is 6.55. The largest absolute Gasteiger partial charge is 0.396 e. The summed E-state index contributed by atoms with van der Waals surface area (Å²) in [5.41, 5.74) is 8.76. The molecule has 2 aromatic rings. The average molecular weight is 272 g/mol. The number of nitrogens with zero attached hydrogens (tertiary/aromatic N) is 2. The van der Waals surface area contributed by atoms with Crippen molar-refractivity contribution in [3.63, 3.8) is 0 Å². The van der Waals surface area contributed by atoms with Gasteiger partial charge in [0.05, 0.1) is 33.9 Å². The van der Waals surface area contributed by atoms with Gasteiger partial charge in [0, 0.05) is 12.0 Å². The smallest absolute Gasteiger partial charge is 0.0832 e. The summed E-state index contributed by atoms with van der Waals surface area (Å²) in [7, 11) is 0.